The van der Waals surface area contributed by atoms with E-state index in [1.54, 1.807) is 49.6 Å². The number of anilines is 2. The average Bonchev–Trinajstić information content (AvgIpc) is 3.51. The molecular weight excluding hydrogens is 358 g/mol. The zero-order valence-electron chi connectivity index (χ0n) is 15.9. The van der Waals surface area contributed by atoms with Crippen LogP contribution >= 0.6 is 0 Å². The molecule has 148 valence electrons. The first-order valence-electron chi connectivity index (χ1n) is 9.30. The maximum atomic E-state index is 12.2. The van der Waals surface area contributed by atoms with E-state index in [4.69, 9.17) is 9.47 Å². The van der Waals surface area contributed by atoms with Crippen LogP contribution in [0.3, 0.4) is 0 Å². The van der Waals surface area contributed by atoms with E-state index < -0.39 is 0 Å². The normalized spacial score (nSPS) is 12.9. The lowest BCUT2D eigenvalue weighted by Crippen LogP contribution is -2.29. The van der Waals surface area contributed by atoms with Crippen molar-refractivity contribution in [3.8, 4) is 11.5 Å². The second-order valence-electron chi connectivity index (χ2n) is 6.69. The molecule has 0 heterocycles. The van der Waals surface area contributed by atoms with E-state index >= 15 is 0 Å². The molecule has 0 aliphatic heterocycles. The number of amides is 2. The average molecular weight is 383 g/mol. The molecule has 0 atom stereocenters. The standard InChI is InChI=1S/C21H25N3O4/c1-27-18-7-2-3-8-19(18)28-14-21(26)24-17-6-4-5-16(11-17)23-20(25)13-22-12-15-9-10-15/h2-8,11,15,22H,9-10,12-14H2,1H3,(H,23,25)(H,24,26). The van der Waals surface area contributed by atoms with Gasteiger partial charge in [0.1, 0.15) is 0 Å². The zero-order valence-corrected chi connectivity index (χ0v) is 15.9. The molecule has 1 aliphatic rings. The fraction of sp³-hybridized carbons (Fsp3) is 0.333. The zero-order chi connectivity index (χ0) is 19.8. The summed E-state index contributed by atoms with van der Waals surface area (Å²) in [5.74, 6) is 1.38. The van der Waals surface area contributed by atoms with Gasteiger partial charge >= 0.3 is 0 Å². The van der Waals surface area contributed by atoms with Gasteiger partial charge in [-0.1, -0.05) is 18.2 Å². The number of methoxy groups -OCH3 is 1. The van der Waals surface area contributed by atoms with Gasteiger partial charge in [-0.3, -0.25) is 9.59 Å². The minimum absolute atomic E-state index is 0.108. The van der Waals surface area contributed by atoms with Crippen LogP contribution in [0.4, 0.5) is 11.4 Å². The van der Waals surface area contributed by atoms with Crippen molar-refractivity contribution in [3.63, 3.8) is 0 Å². The summed E-state index contributed by atoms with van der Waals surface area (Å²) in [6, 6.07) is 14.1. The summed E-state index contributed by atoms with van der Waals surface area (Å²) in [4.78, 5) is 24.1. The second kappa shape index (κ2) is 9.75. The van der Waals surface area contributed by atoms with E-state index in [9.17, 15) is 9.59 Å². The van der Waals surface area contributed by atoms with Crippen LogP contribution in [0.5, 0.6) is 11.5 Å². The molecule has 2 aromatic rings. The number of rotatable bonds is 10. The van der Waals surface area contributed by atoms with E-state index in [0.717, 1.165) is 12.5 Å². The highest BCUT2D eigenvalue weighted by atomic mass is 16.5. The van der Waals surface area contributed by atoms with Gasteiger partial charge in [0.2, 0.25) is 5.91 Å². The largest absolute Gasteiger partial charge is 0.493 e. The summed E-state index contributed by atoms with van der Waals surface area (Å²) in [7, 11) is 1.55. The van der Waals surface area contributed by atoms with Gasteiger partial charge in [0.05, 0.1) is 13.7 Å². The Bertz CT molecular complexity index is 821. The van der Waals surface area contributed by atoms with Gasteiger partial charge in [-0.25, -0.2) is 0 Å². The number of ether oxygens (including phenoxy) is 2. The lowest BCUT2D eigenvalue weighted by molar-refractivity contribution is -0.118. The molecule has 2 amide bonds. The summed E-state index contributed by atoms with van der Waals surface area (Å²) in [6.07, 6.45) is 2.49. The Morgan fingerprint density at radius 1 is 0.964 bits per heavy atom. The molecular formula is C21H25N3O4. The smallest absolute Gasteiger partial charge is 0.262 e. The Morgan fingerprint density at radius 3 is 2.32 bits per heavy atom. The van der Waals surface area contributed by atoms with Crippen LogP contribution in [0.15, 0.2) is 48.5 Å². The van der Waals surface area contributed by atoms with E-state index in [1.807, 2.05) is 6.07 Å². The van der Waals surface area contributed by atoms with Crippen molar-refractivity contribution in [2.45, 2.75) is 12.8 Å². The van der Waals surface area contributed by atoms with E-state index in [0.29, 0.717) is 22.9 Å². The molecule has 0 radical (unpaired) electrons. The Labute approximate surface area is 164 Å². The molecule has 0 aromatic heterocycles. The van der Waals surface area contributed by atoms with Crippen molar-refractivity contribution in [1.82, 2.24) is 5.32 Å². The molecule has 2 aromatic carbocycles. The number of nitrogens with one attached hydrogen (secondary N) is 3. The van der Waals surface area contributed by atoms with E-state index in [2.05, 4.69) is 16.0 Å². The fourth-order valence-electron chi connectivity index (χ4n) is 2.67. The summed E-state index contributed by atoms with van der Waals surface area (Å²) in [6.45, 7) is 1.01. The summed E-state index contributed by atoms with van der Waals surface area (Å²) < 4.78 is 10.7. The summed E-state index contributed by atoms with van der Waals surface area (Å²) in [5, 5.41) is 8.73. The lowest BCUT2D eigenvalue weighted by Gasteiger charge is -2.11. The maximum Gasteiger partial charge on any atom is 0.262 e. The molecule has 3 N–H and O–H groups in total. The van der Waals surface area contributed by atoms with Crippen LogP contribution in [-0.2, 0) is 9.59 Å². The van der Waals surface area contributed by atoms with Crippen LogP contribution in [0, 0.1) is 5.92 Å². The van der Waals surface area contributed by atoms with Crippen LogP contribution in [0.1, 0.15) is 12.8 Å². The predicted molar refractivity (Wildman–Crippen MR) is 108 cm³/mol. The maximum absolute atomic E-state index is 12.2. The molecule has 3 rings (SSSR count). The third-order valence-electron chi connectivity index (χ3n) is 4.27. The SMILES string of the molecule is COc1ccccc1OCC(=O)Nc1cccc(NC(=O)CNCC2CC2)c1. The topological polar surface area (TPSA) is 88.7 Å². The van der Waals surface area contributed by atoms with E-state index in [1.165, 1.54) is 12.8 Å². The molecule has 0 spiro atoms. The van der Waals surface area contributed by atoms with Crippen molar-refractivity contribution in [2.75, 3.05) is 37.4 Å². The Hall–Kier alpha value is -3.06. The van der Waals surface area contributed by atoms with Crippen molar-refractivity contribution >= 4 is 23.2 Å². The molecule has 7 heteroatoms. The summed E-state index contributed by atoms with van der Waals surface area (Å²) >= 11 is 0. The third kappa shape index (κ3) is 6.28. The number of benzene rings is 2. The quantitative estimate of drug-likeness (QED) is 0.587. The minimum atomic E-state index is -0.305. The Morgan fingerprint density at radius 2 is 1.64 bits per heavy atom. The van der Waals surface area contributed by atoms with Gasteiger partial charge in [0.25, 0.3) is 5.91 Å². The number of para-hydroxylation sites is 2. The van der Waals surface area contributed by atoms with Crippen molar-refractivity contribution < 1.29 is 19.1 Å². The Kier molecular flexibility index (Phi) is 6.86. The number of carbonyl (C=O) groups excluding carboxylic acids is 2. The fourth-order valence-corrected chi connectivity index (χ4v) is 2.67. The van der Waals surface area contributed by atoms with Gasteiger partial charge in [0, 0.05) is 11.4 Å². The first kappa shape index (κ1) is 19.7. The molecule has 1 aliphatic carbocycles. The number of carbonyl (C=O) groups is 2. The first-order chi connectivity index (χ1) is 13.6. The number of hydrogen-bond donors (Lipinski definition) is 3. The van der Waals surface area contributed by atoms with Crippen molar-refractivity contribution in [3.05, 3.63) is 48.5 Å². The molecule has 0 bridgehead atoms. The third-order valence-corrected chi connectivity index (χ3v) is 4.27. The van der Waals surface area contributed by atoms with Crippen LogP contribution in [0.2, 0.25) is 0 Å². The van der Waals surface area contributed by atoms with Gasteiger partial charge in [-0.2, -0.15) is 0 Å². The molecule has 0 unspecified atom stereocenters. The van der Waals surface area contributed by atoms with Gasteiger partial charge in [0.15, 0.2) is 18.1 Å². The molecule has 1 saturated carbocycles. The van der Waals surface area contributed by atoms with Gasteiger partial charge < -0.3 is 25.4 Å². The van der Waals surface area contributed by atoms with E-state index in [-0.39, 0.29) is 25.0 Å². The highest BCUT2D eigenvalue weighted by Crippen LogP contribution is 2.27. The lowest BCUT2D eigenvalue weighted by atomic mass is 10.2. The summed E-state index contributed by atoms with van der Waals surface area (Å²) in [5.41, 5.74) is 1.21. The highest BCUT2D eigenvalue weighted by molar-refractivity contribution is 5.95. The van der Waals surface area contributed by atoms with Gasteiger partial charge in [-0.15, -0.1) is 0 Å². The molecule has 0 saturated heterocycles. The molecule has 1 fully saturated rings. The predicted octanol–water partition coefficient (Wildman–Crippen LogP) is 2.65. The molecule has 7 nitrogen and oxygen atoms in total. The number of hydrogen-bond acceptors (Lipinski definition) is 5. The second-order valence-corrected chi connectivity index (χ2v) is 6.69. The van der Waals surface area contributed by atoms with Crippen molar-refractivity contribution in [2.24, 2.45) is 5.92 Å². The molecule has 28 heavy (non-hydrogen) atoms. The first-order valence-corrected chi connectivity index (χ1v) is 9.30. The van der Waals surface area contributed by atoms with Gasteiger partial charge in [-0.05, 0) is 55.6 Å². The highest BCUT2D eigenvalue weighted by Gasteiger charge is 2.20. The van der Waals surface area contributed by atoms with Crippen molar-refractivity contribution in [1.29, 1.82) is 0 Å². The van der Waals surface area contributed by atoms with Crippen LogP contribution in [0.25, 0.3) is 0 Å². The monoisotopic (exact) mass is 383 g/mol. The van der Waals surface area contributed by atoms with Crippen LogP contribution < -0.4 is 25.4 Å². The Balaban J connectivity index is 1.46. The minimum Gasteiger partial charge on any atom is -0.493 e. The van der Waals surface area contributed by atoms with Crippen LogP contribution in [-0.4, -0.2) is 38.6 Å².